The summed E-state index contributed by atoms with van der Waals surface area (Å²) < 4.78 is 6.95. The molecule has 0 spiro atoms. The Morgan fingerprint density at radius 1 is 1.30 bits per heavy atom. The van der Waals surface area contributed by atoms with Crippen molar-refractivity contribution in [3.8, 4) is 0 Å². The highest BCUT2D eigenvalue weighted by molar-refractivity contribution is 6.31. The number of aliphatic carboxylic acids is 1. The highest BCUT2D eigenvalue weighted by Crippen LogP contribution is 2.23. The molecule has 0 aliphatic carbocycles. The minimum atomic E-state index is -1.24. The van der Waals surface area contributed by atoms with Gasteiger partial charge in [-0.25, -0.2) is 4.79 Å². The van der Waals surface area contributed by atoms with Crippen molar-refractivity contribution in [3.05, 3.63) is 35.5 Å². The normalized spacial score (nSPS) is 17.1. The van der Waals surface area contributed by atoms with E-state index in [1.807, 2.05) is 12.1 Å². The summed E-state index contributed by atoms with van der Waals surface area (Å²) in [5, 5.41) is 13.7. The van der Waals surface area contributed by atoms with Crippen LogP contribution in [-0.2, 0) is 20.9 Å². The number of carboxylic acid groups (broad SMARTS) is 1. The van der Waals surface area contributed by atoms with Gasteiger partial charge in [0, 0.05) is 42.8 Å². The molecule has 3 rings (SSSR count). The number of carbonyl (C=O) groups is 2. The average molecular weight is 337 g/mol. The predicted molar refractivity (Wildman–Crippen MR) is 85.5 cm³/mol. The highest BCUT2D eigenvalue weighted by atomic mass is 35.5. The molecule has 1 amide bonds. The molecular weight excluding hydrogens is 320 g/mol. The highest BCUT2D eigenvalue weighted by Gasteiger charge is 2.41. The fourth-order valence-corrected chi connectivity index (χ4v) is 3.03. The van der Waals surface area contributed by atoms with E-state index in [0.29, 0.717) is 18.2 Å². The monoisotopic (exact) mass is 336 g/mol. The third kappa shape index (κ3) is 3.18. The molecule has 1 aliphatic heterocycles. The molecule has 2 N–H and O–H groups in total. The van der Waals surface area contributed by atoms with Crippen molar-refractivity contribution in [2.75, 3.05) is 13.2 Å². The van der Waals surface area contributed by atoms with Gasteiger partial charge in [0.05, 0.1) is 0 Å². The third-order valence-electron chi connectivity index (χ3n) is 4.18. The summed E-state index contributed by atoms with van der Waals surface area (Å²) in [5.41, 5.74) is -0.403. The van der Waals surface area contributed by atoms with Crippen LogP contribution in [0.25, 0.3) is 10.9 Å². The van der Waals surface area contributed by atoms with E-state index >= 15 is 0 Å². The summed E-state index contributed by atoms with van der Waals surface area (Å²) in [5.74, 6) is -1.36. The molecule has 6 nitrogen and oxygen atoms in total. The van der Waals surface area contributed by atoms with Crippen LogP contribution in [0.4, 0.5) is 0 Å². The molecule has 0 unspecified atom stereocenters. The number of rotatable bonds is 4. The van der Waals surface area contributed by atoms with Crippen molar-refractivity contribution in [1.82, 2.24) is 9.88 Å². The van der Waals surface area contributed by atoms with E-state index in [4.69, 9.17) is 16.3 Å². The quantitative estimate of drug-likeness (QED) is 0.895. The number of carbonyl (C=O) groups excluding carboxylic acids is 1. The topological polar surface area (TPSA) is 80.6 Å². The van der Waals surface area contributed by atoms with Crippen LogP contribution >= 0.6 is 11.6 Å². The summed E-state index contributed by atoms with van der Waals surface area (Å²) in [6.07, 6.45) is 2.33. The van der Waals surface area contributed by atoms with Crippen molar-refractivity contribution < 1.29 is 19.4 Å². The molecule has 1 fully saturated rings. The number of hydrogen-bond donors (Lipinski definition) is 2. The second kappa shape index (κ2) is 6.22. The van der Waals surface area contributed by atoms with Crippen LogP contribution in [-0.4, -0.2) is 40.3 Å². The van der Waals surface area contributed by atoms with Crippen molar-refractivity contribution in [2.45, 2.75) is 24.9 Å². The Kier molecular flexibility index (Phi) is 4.28. The van der Waals surface area contributed by atoms with Gasteiger partial charge in [0.15, 0.2) is 0 Å². The van der Waals surface area contributed by atoms with Gasteiger partial charge in [-0.15, -0.1) is 0 Å². The lowest BCUT2D eigenvalue weighted by Crippen LogP contribution is -2.58. The van der Waals surface area contributed by atoms with Gasteiger partial charge in [0.25, 0.3) is 0 Å². The number of aromatic nitrogens is 1. The van der Waals surface area contributed by atoms with E-state index < -0.39 is 11.5 Å². The van der Waals surface area contributed by atoms with Gasteiger partial charge in [-0.3, -0.25) is 4.79 Å². The first-order chi connectivity index (χ1) is 11.0. The maximum absolute atomic E-state index is 12.3. The summed E-state index contributed by atoms with van der Waals surface area (Å²) in [6, 6.07) is 7.34. The van der Waals surface area contributed by atoms with Crippen molar-refractivity contribution >= 4 is 34.4 Å². The second-order valence-electron chi connectivity index (χ2n) is 5.69. The lowest BCUT2D eigenvalue weighted by molar-refractivity contribution is -0.152. The van der Waals surface area contributed by atoms with Gasteiger partial charge in [0.1, 0.15) is 12.1 Å². The lowest BCUT2D eigenvalue weighted by atomic mass is 9.90. The second-order valence-corrected chi connectivity index (χ2v) is 6.13. The lowest BCUT2D eigenvalue weighted by Gasteiger charge is -2.33. The van der Waals surface area contributed by atoms with Gasteiger partial charge in [-0.1, -0.05) is 17.7 Å². The summed E-state index contributed by atoms with van der Waals surface area (Å²) in [4.78, 5) is 23.9. The molecule has 0 radical (unpaired) electrons. The van der Waals surface area contributed by atoms with Crippen molar-refractivity contribution in [3.63, 3.8) is 0 Å². The zero-order chi connectivity index (χ0) is 16.4. The minimum Gasteiger partial charge on any atom is -0.480 e. The van der Waals surface area contributed by atoms with Gasteiger partial charge in [-0.2, -0.15) is 0 Å². The van der Waals surface area contributed by atoms with Crippen LogP contribution in [0, 0.1) is 0 Å². The van der Waals surface area contributed by atoms with Gasteiger partial charge >= 0.3 is 5.97 Å². The number of amides is 1. The first-order valence-corrected chi connectivity index (χ1v) is 7.74. The number of benzene rings is 1. The fourth-order valence-electron chi connectivity index (χ4n) is 2.87. The molecule has 0 atom stereocenters. The zero-order valence-electron chi connectivity index (χ0n) is 12.4. The molecule has 2 aromatic rings. The SMILES string of the molecule is O=C(Cn1ccc2ccc(Cl)cc21)NC1(C(=O)O)CCOCC1. The molecule has 0 saturated carbocycles. The molecule has 7 heteroatoms. The molecule has 122 valence electrons. The molecule has 2 heterocycles. The van der Waals surface area contributed by atoms with Crippen LogP contribution in [0.1, 0.15) is 12.8 Å². The number of nitrogens with one attached hydrogen (secondary N) is 1. The Bertz CT molecular complexity index is 750. The van der Waals surface area contributed by atoms with Gasteiger partial charge in [0.2, 0.25) is 5.91 Å². The summed E-state index contributed by atoms with van der Waals surface area (Å²) >= 11 is 6.00. The molecule has 1 aliphatic rings. The van der Waals surface area contributed by atoms with E-state index in [1.54, 1.807) is 22.9 Å². The minimum absolute atomic E-state index is 0.0414. The Balaban J connectivity index is 1.77. The van der Waals surface area contributed by atoms with Crippen LogP contribution in [0.15, 0.2) is 30.5 Å². The number of halogens is 1. The molecule has 1 aromatic heterocycles. The summed E-state index contributed by atoms with van der Waals surface area (Å²) in [7, 11) is 0. The number of fused-ring (bicyclic) bond motifs is 1. The first-order valence-electron chi connectivity index (χ1n) is 7.37. The van der Waals surface area contributed by atoms with E-state index in [1.165, 1.54) is 0 Å². The number of hydrogen-bond acceptors (Lipinski definition) is 3. The summed E-state index contributed by atoms with van der Waals surface area (Å²) in [6.45, 7) is 0.697. The van der Waals surface area contributed by atoms with Gasteiger partial charge < -0.3 is 19.7 Å². The van der Waals surface area contributed by atoms with E-state index in [0.717, 1.165) is 10.9 Å². The van der Waals surface area contributed by atoms with Crippen LogP contribution < -0.4 is 5.32 Å². The Morgan fingerprint density at radius 2 is 2.04 bits per heavy atom. The Labute approximate surface area is 138 Å². The van der Waals surface area contributed by atoms with E-state index in [-0.39, 0.29) is 25.3 Å². The first kappa shape index (κ1) is 15.8. The third-order valence-corrected chi connectivity index (χ3v) is 4.42. The Morgan fingerprint density at radius 3 is 2.74 bits per heavy atom. The predicted octanol–water partition coefficient (Wildman–Crippen LogP) is 2.04. The standard InChI is InChI=1S/C16H17ClN2O4/c17-12-2-1-11-3-6-19(13(11)9-12)10-14(20)18-16(15(21)22)4-7-23-8-5-16/h1-3,6,9H,4-5,7-8,10H2,(H,18,20)(H,21,22). The smallest absolute Gasteiger partial charge is 0.329 e. The van der Waals surface area contributed by atoms with Crippen LogP contribution in [0.2, 0.25) is 5.02 Å². The van der Waals surface area contributed by atoms with Crippen LogP contribution in [0.3, 0.4) is 0 Å². The van der Waals surface area contributed by atoms with Crippen molar-refractivity contribution in [1.29, 1.82) is 0 Å². The number of carboxylic acids is 1. The average Bonchev–Trinajstić information content (AvgIpc) is 2.90. The molecule has 1 saturated heterocycles. The maximum atomic E-state index is 12.3. The Hall–Kier alpha value is -2.05. The molecule has 1 aromatic carbocycles. The number of nitrogens with zero attached hydrogens (tertiary/aromatic N) is 1. The van der Waals surface area contributed by atoms with Gasteiger partial charge in [-0.05, 0) is 23.6 Å². The largest absolute Gasteiger partial charge is 0.480 e. The molecular formula is C16H17ClN2O4. The fraction of sp³-hybridized carbons (Fsp3) is 0.375. The van der Waals surface area contributed by atoms with Crippen LogP contribution in [0.5, 0.6) is 0 Å². The zero-order valence-corrected chi connectivity index (χ0v) is 13.2. The van der Waals surface area contributed by atoms with E-state index in [2.05, 4.69) is 5.32 Å². The maximum Gasteiger partial charge on any atom is 0.329 e. The van der Waals surface area contributed by atoms with E-state index in [9.17, 15) is 14.7 Å². The molecule has 0 bridgehead atoms. The molecule has 23 heavy (non-hydrogen) atoms. The number of ether oxygens (including phenoxy) is 1. The van der Waals surface area contributed by atoms with Crippen molar-refractivity contribution in [2.24, 2.45) is 0 Å².